The summed E-state index contributed by atoms with van der Waals surface area (Å²) in [4.78, 5) is 0.910. The molecule has 1 aliphatic carbocycles. The van der Waals surface area contributed by atoms with Crippen molar-refractivity contribution in [2.24, 2.45) is 11.1 Å². The van der Waals surface area contributed by atoms with Crippen LogP contribution in [0.1, 0.15) is 19.8 Å². The maximum atomic E-state index is 13.2. The largest absolute Gasteiger partial charge is 0.391 e. The van der Waals surface area contributed by atoms with Crippen molar-refractivity contribution in [2.75, 3.05) is 32.0 Å². The third-order valence-corrected chi connectivity index (χ3v) is 7.01. The number of fused-ring (bicyclic) bond motifs is 1. The van der Waals surface area contributed by atoms with Crippen LogP contribution in [0.3, 0.4) is 0 Å². The van der Waals surface area contributed by atoms with E-state index in [2.05, 4.69) is 33.7 Å². The smallest absolute Gasteiger partial charge is 0.123 e. The standard InChI is InChI=1S/C23H30FN5S/c1-4-23-12-17(13-25)21(28-20-7-5-19(24)6-8-20)11-18(23)9-10-29(15-23)30-22(14-26)16(2)27-3/h4-8,11,14,26-28H,1,9-10,12-13,15,25H2,2-3H3/b22-16+,26-14?. The lowest BCUT2D eigenvalue weighted by Crippen LogP contribution is -2.43. The number of anilines is 1. The van der Waals surface area contributed by atoms with E-state index in [1.807, 2.05) is 14.0 Å². The second kappa shape index (κ2) is 9.64. The average Bonchev–Trinajstić information content (AvgIpc) is 2.78. The lowest BCUT2D eigenvalue weighted by Gasteiger charge is -2.45. The summed E-state index contributed by atoms with van der Waals surface area (Å²) in [5.74, 6) is -0.252. The van der Waals surface area contributed by atoms with Gasteiger partial charge in [-0.25, -0.2) is 8.70 Å². The van der Waals surface area contributed by atoms with Gasteiger partial charge in [0.15, 0.2) is 0 Å². The van der Waals surface area contributed by atoms with Crippen molar-refractivity contribution in [1.82, 2.24) is 9.62 Å². The number of halogens is 1. The van der Waals surface area contributed by atoms with Gasteiger partial charge in [0.2, 0.25) is 0 Å². The Bertz CT molecular complexity index is 903. The number of benzene rings is 1. The molecule has 3 rings (SSSR count). The van der Waals surface area contributed by atoms with Crippen molar-refractivity contribution >= 4 is 23.8 Å². The van der Waals surface area contributed by atoms with Crippen LogP contribution in [0.2, 0.25) is 0 Å². The zero-order valence-corrected chi connectivity index (χ0v) is 18.4. The van der Waals surface area contributed by atoms with Crippen molar-refractivity contribution in [1.29, 1.82) is 5.41 Å². The van der Waals surface area contributed by atoms with Gasteiger partial charge in [0.05, 0.1) is 4.91 Å². The Morgan fingerprint density at radius 2 is 2.13 bits per heavy atom. The summed E-state index contributed by atoms with van der Waals surface area (Å²) in [7, 11) is 1.87. The second-order valence-electron chi connectivity index (χ2n) is 7.65. The first kappa shape index (κ1) is 22.3. The quantitative estimate of drug-likeness (QED) is 0.281. The Morgan fingerprint density at radius 3 is 2.73 bits per heavy atom. The number of piperidine rings is 1. The third-order valence-electron chi connectivity index (χ3n) is 5.82. The minimum absolute atomic E-state index is 0.172. The van der Waals surface area contributed by atoms with Crippen molar-refractivity contribution in [3.63, 3.8) is 0 Å². The van der Waals surface area contributed by atoms with E-state index in [4.69, 9.17) is 11.1 Å². The van der Waals surface area contributed by atoms with Crippen LogP contribution < -0.4 is 16.4 Å². The van der Waals surface area contributed by atoms with E-state index in [0.717, 1.165) is 53.5 Å². The molecule has 7 heteroatoms. The zero-order chi connectivity index (χ0) is 21.7. The van der Waals surface area contributed by atoms with E-state index >= 15 is 0 Å². The molecule has 0 radical (unpaired) electrons. The lowest BCUT2D eigenvalue weighted by molar-refractivity contribution is 0.275. The summed E-state index contributed by atoms with van der Waals surface area (Å²) in [6.45, 7) is 8.29. The molecule has 0 aromatic heterocycles. The summed E-state index contributed by atoms with van der Waals surface area (Å²) in [5, 5.41) is 14.3. The molecule has 0 saturated carbocycles. The highest BCUT2D eigenvalue weighted by Crippen LogP contribution is 2.47. The molecule has 1 aromatic rings. The van der Waals surface area contributed by atoms with Gasteiger partial charge in [-0.05, 0) is 67.6 Å². The van der Waals surface area contributed by atoms with Crippen LogP contribution in [-0.4, -0.2) is 37.2 Å². The molecule has 1 heterocycles. The topological polar surface area (TPSA) is 77.2 Å². The Labute approximate surface area is 182 Å². The predicted octanol–water partition coefficient (Wildman–Crippen LogP) is 4.41. The minimum Gasteiger partial charge on any atom is -0.391 e. The number of nitrogens with two attached hydrogens (primary N) is 1. The lowest BCUT2D eigenvalue weighted by atomic mass is 9.68. The molecule has 1 aromatic carbocycles. The molecule has 1 aliphatic heterocycles. The first-order valence-corrected chi connectivity index (χ1v) is 10.8. The number of hydrogen-bond acceptors (Lipinski definition) is 6. The Hall–Kier alpha value is -2.35. The summed E-state index contributed by atoms with van der Waals surface area (Å²) < 4.78 is 15.6. The SMILES string of the molecule is C=CC12CC(CN)=C(Nc3ccc(F)cc3)C=C1CCN(S/C(C=N)=C(\C)NC)C2. The molecule has 5 N–H and O–H groups in total. The molecule has 0 spiro atoms. The molecule has 1 fully saturated rings. The van der Waals surface area contributed by atoms with Gasteiger partial charge in [0.1, 0.15) is 5.82 Å². The molecule has 2 aliphatic rings. The van der Waals surface area contributed by atoms with Crippen molar-refractivity contribution < 1.29 is 4.39 Å². The highest BCUT2D eigenvalue weighted by Gasteiger charge is 2.40. The third kappa shape index (κ3) is 4.69. The van der Waals surface area contributed by atoms with Gasteiger partial charge in [0.25, 0.3) is 0 Å². The Balaban J connectivity index is 1.84. The maximum Gasteiger partial charge on any atom is 0.123 e. The number of hydrogen-bond donors (Lipinski definition) is 4. The highest BCUT2D eigenvalue weighted by atomic mass is 32.2. The predicted molar refractivity (Wildman–Crippen MR) is 126 cm³/mol. The molecular formula is C23H30FN5S. The van der Waals surface area contributed by atoms with E-state index in [0.29, 0.717) is 6.54 Å². The second-order valence-corrected chi connectivity index (χ2v) is 8.79. The summed E-state index contributed by atoms with van der Waals surface area (Å²) in [6, 6.07) is 6.37. The van der Waals surface area contributed by atoms with E-state index in [1.165, 1.54) is 23.9 Å². The Morgan fingerprint density at radius 1 is 1.40 bits per heavy atom. The van der Waals surface area contributed by atoms with Crippen LogP contribution in [0.25, 0.3) is 0 Å². The van der Waals surface area contributed by atoms with Gasteiger partial charge in [0, 0.05) is 55.4 Å². The van der Waals surface area contributed by atoms with E-state index in [9.17, 15) is 4.39 Å². The van der Waals surface area contributed by atoms with Crippen molar-refractivity contribution in [2.45, 2.75) is 19.8 Å². The molecule has 1 unspecified atom stereocenters. The van der Waals surface area contributed by atoms with Gasteiger partial charge in [-0.3, -0.25) is 0 Å². The number of nitrogens with zero attached hydrogens (tertiary/aromatic N) is 1. The molecule has 1 atom stereocenters. The molecule has 1 saturated heterocycles. The normalized spacial score (nSPS) is 22.6. The van der Waals surface area contributed by atoms with Crippen molar-refractivity contribution in [3.05, 3.63) is 76.3 Å². The zero-order valence-electron chi connectivity index (χ0n) is 17.6. The van der Waals surface area contributed by atoms with Crippen LogP contribution in [0.15, 0.2) is 70.4 Å². The van der Waals surface area contributed by atoms with Gasteiger partial charge in [-0.2, -0.15) is 0 Å². The number of nitrogens with one attached hydrogen (secondary N) is 3. The van der Waals surface area contributed by atoms with Gasteiger partial charge >= 0.3 is 0 Å². The first-order chi connectivity index (χ1) is 14.4. The van der Waals surface area contributed by atoms with Gasteiger partial charge < -0.3 is 21.8 Å². The Kier molecular flexibility index (Phi) is 7.18. The fourth-order valence-electron chi connectivity index (χ4n) is 3.93. The van der Waals surface area contributed by atoms with E-state index in [1.54, 1.807) is 24.1 Å². The molecule has 0 amide bonds. The number of rotatable bonds is 8. The number of allylic oxidation sites excluding steroid dienone is 3. The molecule has 0 bridgehead atoms. The van der Waals surface area contributed by atoms with Crippen molar-refractivity contribution in [3.8, 4) is 0 Å². The van der Waals surface area contributed by atoms with Crippen LogP contribution in [0.5, 0.6) is 0 Å². The molecule has 5 nitrogen and oxygen atoms in total. The molecular weight excluding hydrogens is 397 g/mol. The van der Waals surface area contributed by atoms with Crippen LogP contribution in [-0.2, 0) is 0 Å². The monoisotopic (exact) mass is 427 g/mol. The average molecular weight is 428 g/mol. The fraction of sp³-hybridized carbons (Fsp3) is 0.348. The van der Waals surface area contributed by atoms with Gasteiger partial charge in [-0.15, -0.1) is 6.58 Å². The highest BCUT2D eigenvalue weighted by molar-refractivity contribution is 8.01. The van der Waals surface area contributed by atoms with Crippen LogP contribution in [0.4, 0.5) is 10.1 Å². The summed E-state index contributed by atoms with van der Waals surface area (Å²) in [5.41, 5.74) is 11.2. The minimum atomic E-state index is -0.252. The van der Waals surface area contributed by atoms with E-state index in [-0.39, 0.29) is 11.2 Å². The van der Waals surface area contributed by atoms with Crippen LogP contribution >= 0.6 is 11.9 Å². The first-order valence-electron chi connectivity index (χ1n) is 10.1. The molecule has 30 heavy (non-hydrogen) atoms. The maximum absolute atomic E-state index is 13.2. The molecule has 160 valence electrons. The fourth-order valence-corrected chi connectivity index (χ4v) is 4.98. The van der Waals surface area contributed by atoms with Gasteiger partial charge in [-0.1, -0.05) is 11.6 Å². The van der Waals surface area contributed by atoms with E-state index < -0.39 is 0 Å². The summed E-state index contributed by atoms with van der Waals surface area (Å²) in [6.07, 6.45) is 7.36. The summed E-state index contributed by atoms with van der Waals surface area (Å²) >= 11 is 1.62. The van der Waals surface area contributed by atoms with Crippen LogP contribution in [0, 0.1) is 16.6 Å².